The van der Waals surface area contributed by atoms with Crippen LogP contribution < -0.4 is 5.32 Å². The summed E-state index contributed by atoms with van der Waals surface area (Å²) < 4.78 is 0. The van der Waals surface area contributed by atoms with E-state index in [-0.39, 0.29) is 5.48 Å². The van der Waals surface area contributed by atoms with E-state index in [9.17, 15) is 0 Å². The Morgan fingerprint density at radius 2 is 2.00 bits per heavy atom. The van der Waals surface area contributed by atoms with Gasteiger partial charge in [-0.1, -0.05) is 18.2 Å². The van der Waals surface area contributed by atoms with E-state index in [0.717, 1.165) is 11.3 Å². The van der Waals surface area contributed by atoms with Crippen molar-refractivity contribution in [2.24, 2.45) is 4.99 Å². The number of benzene rings is 1. The maximum Gasteiger partial charge on any atom is 0.0469 e. The lowest BCUT2D eigenvalue weighted by atomic mass is 10.2. The first kappa shape index (κ1) is 8.49. The van der Waals surface area contributed by atoms with Crippen molar-refractivity contribution in [1.82, 2.24) is 0 Å². The van der Waals surface area contributed by atoms with Crippen molar-refractivity contribution >= 4 is 11.9 Å². The zero-order valence-corrected chi connectivity index (χ0v) is 6.49. The maximum absolute atomic E-state index is 4.04. The van der Waals surface area contributed by atoms with Crippen LogP contribution >= 0.6 is 0 Å². The second-order valence-corrected chi connectivity index (χ2v) is 2.33. The summed E-state index contributed by atoms with van der Waals surface area (Å²) in [6.07, 6.45) is 5.40. The molecule has 0 saturated heterocycles. The van der Waals surface area contributed by atoms with Gasteiger partial charge in [-0.05, 0) is 6.07 Å². The molecule has 1 aliphatic rings. The summed E-state index contributed by atoms with van der Waals surface area (Å²) in [7, 11) is 0. The molecule has 0 saturated carbocycles. The largest absolute Gasteiger partial charge is 0.412 e. The molecule has 62 valence electrons. The molecular weight excluding hydrogens is 152 g/mol. The predicted molar refractivity (Wildman–Crippen MR) is 50.4 cm³/mol. The second-order valence-electron chi connectivity index (χ2n) is 2.33. The minimum Gasteiger partial charge on any atom is -0.412 e. The quantitative estimate of drug-likeness (QED) is 0.611. The van der Waals surface area contributed by atoms with Crippen molar-refractivity contribution in [3.63, 3.8) is 0 Å². The maximum atomic E-state index is 4.04. The Balaban J connectivity index is 0.000000720. The topological polar surface area (TPSA) is 55.9 Å². The molecule has 3 N–H and O–H groups in total. The highest BCUT2D eigenvalue weighted by molar-refractivity contribution is 5.88. The molecule has 0 radical (unpaired) electrons. The molecular formula is C9H10N2O. The number of aliphatic imine (C=N–C) groups is 1. The van der Waals surface area contributed by atoms with Crippen LogP contribution in [0.4, 0.5) is 5.69 Å². The van der Waals surface area contributed by atoms with E-state index in [1.165, 1.54) is 0 Å². The third kappa shape index (κ3) is 1.52. The molecule has 0 unspecified atom stereocenters. The standard InChI is InChI=1S/C9H8N2.H2O/c1-2-4-9-8(3-1)7-10-5-6-11-9;/h1-7,11H;1H2. The Bertz CT molecular complexity index is 318. The van der Waals surface area contributed by atoms with Crippen LogP contribution in [-0.4, -0.2) is 11.7 Å². The lowest BCUT2D eigenvalue weighted by Crippen LogP contribution is -1.89. The first-order valence-electron chi connectivity index (χ1n) is 3.50. The van der Waals surface area contributed by atoms with Crippen molar-refractivity contribution in [3.8, 4) is 0 Å². The van der Waals surface area contributed by atoms with Gasteiger partial charge >= 0.3 is 0 Å². The molecule has 0 aliphatic carbocycles. The van der Waals surface area contributed by atoms with Crippen LogP contribution in [0.15, 0.2) is 41.7 Å². The number of nitrogens with one attached hydrogen (secondary N) is 1. The summed E-state index contributed by atoms with van der Waals surface area (Å²) in [6.45, 7) is 0. The number of fused-ring (bicyclic) bond motifs is 1. The molecule has 1 aliphatic heterocycles. The number of hydrogen-bond acceptors (Lipinski definition) is 2. The summed E-state index contributed by atoms with van der Waals surface area (Å²) >= 11 is 0. The SMILES string of the molecule is C1=CNc2ccccc2C=N1.O. The van der Waals surface area contributed by atoms with Gasteiger partial charge in [0.1, 0.15) is 0 Å². The van der Waals surface area contributed by atoms with Gasteiger partial charge in [0.2, 0.25) is 0 Å². The van der Waals surface area contributed by atoms with Crippen molar-refractivity contribution < 1.29 is 5.48 Å². The fourth-order valence-electron chi connectivity index (χ4n) is 1.03. The Kier molecular flexibility index (Phi) is 2.61. The van der Waals surface area contributed by atoms with Crippen molar-refractivity contribution in [3.05, 3.63) is 42.2 Å². The highest BCUT2D eigenvalue weighted by Gasteiger charge is 1.96. The zero-order chi connectivity index (χ0) is 7.52. The number of rotatable bonds is 0. The molecule has 1 aromatic carbocycles. The molecule has 0 bridgehead atoms. The van der Waals surface area contributed by atoms with Gasteiger partial charge in [-0.3, -0.25) is 4.99 Å². The zero-order valence-electron chi connectivity index (χ0n) is 6.49. The van der Waals surface area contributed by atoms with E-state index in [1.54, 1.807) is 6.20 Å². The fourth-order valence-corrected chi connectivity index (χ4v) is 1.03. The Labute approximate surface area is 70.8 Å². The van der Waals surface area contributed by atoms with Crippen LogP contribution in [0, 0.1) is 0 Å². The predicted octanol–water partition coefficient (Wildman–Crippen LogP) is 1.18. The molecule has 1 aromatic rings. The van der Waals surface area contributed by atoms with E-state index < -0.39 is 0 Å². The Morgan fingerprint density at radius 3 is 2.92 bits per heavy atom. The molecule has 0 fully saturated rings. The number of para-hydroxylation sites is 1. The highest BCUT2D eigenvalue weighted by atomic mass is 16.0. The minimum absolute atomic E-state index is 0. The molecule has 3 nitrogen and oxygen atoms in total. The number of anilines is 1. The molecule has 0 atom stereocenters. The Hall–Kier alpha value is -1.61. The van der Waals surface area contributed by atoms with Gasteiger partial charge < -0.3 is 10.8 Å². The van der Waals surface area contributed by atoms with Gasteiger partial charge in [0.15, 0.2) is 0 Å². The normalized spacial score (nSPS) is 12.3. The molecule has 0 aromatic heterocycles. The van der Waals surface area contributed by atoms with Gasteiger partial charge in [0, 0.05) is 29.9 Å². The van der Waals surface area contributed by atoms with Gasteiger partial charge in [0.25, 0.3) is 0 Å². The molecule has 2 rings (SSSR count). The molecule has 12 heavy (non-hydrogen) atoms. The summed E-state index contributed by atoms with van der Waals surface area (Å²) in [5.41, 5.74) is 2.22. The minimum atomic E-state index is 0. The van der Waals surface area contributed by atoms with Gasteiger partial charge in [-0.25, -0.2) is 0 Å². The first-order valence-corrected chi connectivity index (χ1v) is 3.50. The second kappa shape index (κ2) is 3.69. The van der Waals surface area contributed by atoms with Crippen LogP contribution in [0.5, 0.6) is 0 Å². The monoisotopic (exact) mass is 162 g/mol. The summed E-state index contributed by atoms with van der Waals surface area (Å²) in [6, 6.07) is 8.05. The molecule has 0 spiro atoms. The number of hydrogen-bond donors (Lipinski definition) is 1. The van der Waals surface area contributed by atoms with Crippen molar-refractivity contribution in [2.75, 3.05) is 5.32 Å². The van der Waals surface area contributed by atoms with Crippen molar-refractivity contribution in [1.29, 1.82) is 0 Å². The smallest absolute Gasteiger partial charge is 0.0469 e. The average Bonchev–Trinajstić information content (AvgIpc) is 2.28. The van der Waals surface area contributed by atoms with Gasteiger partial charge in [-0.15, -0.1) is 0 Å². The van der Waals surface area contributed by atoms with Gasteiger partial charge in [0.05, 0.1) is 0 Å². The van der Waals surface area contributed by atoms with Crippen LogP contribution in [0.1, 0.15) is 5.56 Å². The van der Waals surface area contributed by atoms with E-state index in [2.05, 4.69) is 10.3 Å². The molecule has 0 amide bonds. The summed E-state index contributed by atoms with van der Waals surface area (Å²) in [5, 5.41) is 3.12. The van der Waals surface area contributed by atoms with Crippen LogP contribution in [0.2, 0.25) is 0 Å². The van der Waals surface area contributed by atoms with E-state index >= 15 is 0 Å². The third-order valence-electron chi connectivity index (χ3n) is 1.57. The fraction of sp³-hybridized carbons (Fsp3) is 0. The summed E-state index contributed by atoms with van der Waals surface area (Å²) in [4.78, 5) is 4.04. The molecule has 1 heterocycles. The van der Waals surface area contributed by atoms with Crippen molar-refractivity contribution in [2.45, 2.75) is 0 Å². The summed E-state index contributed by atoms with van der Waals surface area (Å²) in [5.74, 6) is 0. The first-order chi connectivity index (χ1) is 5.47. The van der Waals surface area contributed by atoms with Crippen LogP contribution in [0.3, 0.4) is 0 Å². The van der Waals surface area contributed by atoms with Crippen LogP contribution in [0.25, 0.3) is 0 Å². The Morgan fingerprint density at radius 1 is 1.17 bits per heavy atom. The average molecular weight is 162 g/mol. The van der Waals surface area contributed by atoms with E-state index in [1.807, 2.05) is 36.7 Å². The highest BCUT2D eigenvalue weighted by Crippen LogP contribution is 2.13. The van der Waals surface area contributed by atoms with Crippen LogP contribution in [-0.2, 0) is 0 Å². The van der Waals surface area contributed by atoms with E-state index in [4.69, 9.17) is 0 Å². The number of nitrogens with zero attached hydrogens (tertiary/aromatic N) is 1. The van der Waals surface area contributed by atoms with E-state index in [0.29, 0.717) is 0 Å². The van der Waals surface area contributed by atoms with Gasteiger partial charge in [-0.2, -0.15) is 0 Å². The third-order valence-corrected chi connectivity index (χ3v) is 1.57. The lowest BCUT2D eigenvalue weighted by molar-refractivity contribution is 0.824. The lowest BCUT2D eigenvalue weighted by Gasteiger charge is -2.01. The molecule has 3 heteroatoms.